The Balaban J connectivity index is 1.28. The molecule has 180 valence electrons. The van der Waals surface area contributed by atoms with Gasteiger partial charge < -0.3 is 23.6 Å². The van der Waals surface area contributed by atoms with Gasteiger partial charge in [0.05, 0.1) is 14.2 Å². The largest absolute Gasteiger partial charge is 0.493 e. The molecule has 0 fully saturated rings. The standard InChI is InChI=1S/C28H21BrN2O5/c1-33-25-11-5-18(15-26(25)34-2)28-31-22-16-20(8-12-24(22)36-28)30-27(32)14-10-21-9-13-23(35-21)17-3-6-19(29)7-4-17/h3-16H,1-2H3,(H,30,32)/b14-10+. The van der Waals surface area contributed by atoms with Gasteiger partial charge in [-0.2, -0.15) is 0 Å². The first kappa shape index (κ1) is 23.4. The number of oxazole rings is 1. The molecule has 0 unspecified atom stereocenters. The number of nitrogens with one attached hydrogen (secondary N) is 1. The molecule has 0 spiro atoms. The van der Waals surface area contributed by atoms with Gasteiger partial charge in [0, 0.05) is 27.4 Å². The summed E-state index contributed by atoms with van der Waals surface area (Å²) in [6.07, 6.45) is 3.05. The summed E-state index contributed by atoms with van der Waals surface area (Å²) in [7, 11) is 3.15. The minimum absolute atomic E-state index is 0.292. The summed E-state index contributed by atoms with van der Waals surface area (Å²) >= 11 is 3.42. The Bertz CT molecular complexity index is 1570. The highest BCUT2D eigenvalue weighted by Crippen LogP contribution is 2.33. The molecule has 0 aliphatic carbocycles. The van der Waals surface area contributed by atoms with E-state index in [1.807, 2.05) is 42.5 Å². The molecule has 36 heavy (non-hydrogen) atoms. The van der Waals surface area contributed by atoms with Crippen LogP contribution in [0.2, 0.25) is 0 Å². The Hall–Kier alpha value is -4.30. The van der Waals surface area contributed by atoms with Crippen molar-refractivity contribution < 1.29 is 23.1 Å². The van der Waals surface area contributed by atoms with Crippen LogP contribution in [0.1, 0.15) is 5.76 Å². The van der Waals surface area contributed by atoms with Gasteiger partial charge in [0.25, 0.3) is 0 Å². The molecule has 0 atom stereocenters. The third-order valence-electron chi connectivity index (χ3n) is 5.44. The van der Waals surface area contributed by atoms with Gasteiger partial charge in [-0.1, -0.05) is 28.1 Å². The molecule has 1 N–H and O–H groups in total. The lowest BCUT2D eigenvalue weighted by atomic mass is 10.2. The molecule has 0 saturated heterocycles. The van der Waals surface area contributed by atoms with Gasteiger partial charge in [0.1, 0.15) is 17.0 Å². The van der Waals surface area contributed by atoms with E-state index in [1.54, 1.807) is 50.6 Å². The van der Waals surface area contributed by atoms with Gasteiger partial charge in [0.2, 0.25) is 11.8 Å². The van der Waals surface area contributed by atoms with E-state index in [2.05, 4.69) is 26.2 Å². The fourth-order valence-electron chi connectivity index (χ4n) is 3.65. The summed E-state index contributed by atoms with van der Waals surface area (Å²) in [6, 6.07) is 22.2. The molecular weight excluding hydrogens is 524 g/mol. The number of carbonyl (C=O) groups is 1. The van der Waals surface area contributed by atoms with E-state index in [4.69, 9.17) is 18.3 Å². The number of hydrogen-bond donors (Lipinski definition) is 1. The number of methoxy groups -OCH3 is 2. The number of rotatable bonds is 7. The summed E-state index contributed by atoms with van der Waals surface area (Å²) in [5, 5.41) is 2.84. The summed E-state index contributed by atoms with van der Waals surface area (Å²) in [6.45, 7) is 0. The SMILES string of the molecule is COc1ccc(-c2nc3cc(NC(=O)/C=C/c4ccc(-c5ccc(Br)cc5)o4)ccc3o2)cc1OC. The molecule has 8 heteroatoms. The fourth-order valence-corrected chi connectivity index (χ4v) is 3.92. The monoisotopic (exact) mass is 544 g/mol. The molecule has 0 aliphatic rings. The van der Waals surface area contributed by atoms with E-state index in [0.29, 0.717) is 39.9 Å². The number of aromatic nitrogens is 1. The van der Waals surface area contributed by atoms with Crippen LogP contribution in [0.4, 0.5) is 5.69 Å². The average Bonchev–Trinajstić information content (AvgIpc) is 3.54. The Morgan fingerprint density at radius 2 is 1.67 bits per heavy atom. The molecule has 5 rings (SSSR count). The highest BCUT2D eigenvalue weighted by atomic mass is 79.9. The second kappa shape index (κ2) is 10.1. The Morgan fingerprint density at radius 3 is 2.44 bits per heavy atom. The molecule has 2 aromatic heterocycles. The third kappa shape index (κ3) is 5.04. The molecule has 0 saturated carbocycles. The quantitative estimate of drug-likeness (QED) is 0.218. The number of hydrogen-bond acceptors (Lipinski definition) is 6. The molecule has 3 aromatic carbocycles. The minimum atomic E-state index is -0.292. The molecule has 2 heterocycles. The predicted octanol–water partition coefficient (Wildman–Crippen LogP) is 7.19. The molecule has 0 bridgehead atoms. The first-order chi connectivity index (χ1) is 17.5. The summed E-state index contributed by atoms with van der Waals surface area (Å²) in [4.78, 5) is 17.0. The molecule has 0 radical (unpaired) electrons. The van der Waals surface area contributed by atoms with Crippen LogP contribution in [-0.4, -0.2) is 25.1 Å². The van der Waals surface area contributed by atoms with E-state index < -0.39 is 0 Å². The second-order valence-corrected chi connectivity index (χ2v) is 8.72. The number of amides is 1. The lowest BCUT2D eigenvalue weighted by Crippen LogP contribution is -2.07. The van der Waals surface area contributed by atoms with E-state index >= 15 is 0 Å². The van der Waals surface area contributed by atoms with Gasteiger partial charge in [0.15, 0.2) is 17.1 Å². The number of ether oxygens (including phenoxy) is 2. The van der Waals surface area contributed by atoms with Gasteiger partial charge in [-0.25, -0.2) is 4.98 Å². The van der Waals surface area contributed by atoms with Crippen LogP contribution in [0.5, 0.6) is 11.5 Å². The summed E-state index contributed by atoms with van der Waals surface area (Å²) in [5.41, 5.74) is 3.52. The van der Waals surface area contributed by atoms with Gasteiger partial charge in [-0.15, -0.1) is 0 Å². The van der Waals surface area contributed by atoms with Gasteiger partial charge in [-0.05, 0) is 66.7 Å². The minimum Gasteiger partial charge on any atom is -0.493 e. The zero-order chi connectivity index (χ0) is 25.1. The average molecular weight is 545 g/mol. The Morgan fingerprint density at radius 1 is 0.889 bits per heavy atom. The topological polar surface area (TPSA) is 86.7 Å². The molecule has 5 aromatic rings. The number of fused-ring (bicyclic) bond motifs is 1. The van der Waals surface area contributed by atoms with E-state index in [0.717, 1.165) is 21.4 Å². The van der Waals surface area contributed by atoms with E-state index in [1.165, 1.54) is 6.08 Å². The predicted molar refractivity (Wildman–Crippen MR) is 142 cm³/mol. The van der Waals surface area contributed by atoms with Crippen molar-refractivity contribution >= 4 is 44.7 Å². The van der Waals surface area contributed by atoms with Crippen LogP contribution >= 0.6 is 15.9 Å². The maximum Gasteiger partial charge on any atom is 0.248 e. The first-order valence-electron chi connectivity index (χ1n) is 11.0. The van der Waals surface area contributed by atoms with Crippen molar-refractivity contribution in [2.75, 3.05) is 19.5 Å². The first-order valence-corrected chi connectivity index (χ1v) is 11.8. The Kier molecular flexibility index (Phi) is 6.60. The van der Waals surface area contributed by atoms with E-state index in [-0.39, 0.29) is 5.91 Å². The van der Waals surface area contributed by atoms with Crippen LogP contribution in [0.3, 0.4) is 0 Å². The fraction of sp³-hybridized carbons (Fsp3) is 0.0714. The van der Waals surface area contributed by atoms with Crippen molar-refractivity contribution in [3.63, 3.8) is 0 Å². The smallest absolute Gasteiger partial charge is 0.248 e. The maximum absolute atomic E-state index is 12.5. The molecular formula is C28H21BrN2O5. The van der Waals surface area contributed by atoms with Crippen molar-refractivity contribution in [1.82, 2.24) is 4.98 Å². The summed E-state index contributed by atoms with van der Waals surface area (Å²) < 4.78 is 23.4. The van der Waals surface area contributed by atoms with Crippen molar-refractivity contribution in [2.24, 2.45) is 0 Å². The molecule has 1 amide bonds. The van der Waals surface area contributed by atoms with Crippen LogP contribution in [0.25, 0.3) is 40.0 Å². The lowest BCUT2D eigenvalue weighted by molar-refractivity contribution is -0.111. The van der Waals surface area contributed by atoms with Gasteiger partial charge in [-0.3, -0.25) is 4.79 Å². The zero-order valence-corrected chi connectivity index (χ0v) is 21.0. The number of anilines is 1. The van der Waals surface area contributed by atoms with Crippen molar-refractivity contribution in [1.29, 1.82) is 0 Å². The highest BCUT2D eigenvalue weighted by molar-refractivity contribution is 9.10. The number of halogens is 1. The van der Waals surface area contributed by atoms with Crippen LogP contribution in [-0.2, 0) is 4.79 Å². The van der Waals surface area contributed by atoms with Crippen LogP contribution < -0.4 is 14.8 Å². The van der Waals surface area contributed by atoms with Crippen LogP contribution in [0.15, 0.2) is 92.2 Å². The van der Waals surface area contributed by atoms with Crippen LogP contribution in [0, 0.1) is 0 Å². The number of furan rings is 1. The van der Waals surface area contributed by atoms with Gasteiger partial charge >= 0.3 is 0 Å². The van der Waals surface area contributed by atoms with Crippen molar-refractivity contribution in [3.05, 3.63) is 89.1 Å². The number of nitrogens with zero attached hydrogens (tertiary/aromatic N) is 1. The lowest BCUT2D eigenvalue weighted by Gasteiger charge is -2.07. The maximum atomic E-state index is 12.5. The van der Waals surface area contributed by atoms with Crippen molar-refractivity contribution in [3.8, 4) is 34.3 Å². The second-order valence-electron chi connectivity index (χ2n) is 7.80. The third-order valence-corrected chi connectivity index (χ3v) is 5.97. The zero-order valence-electron chi connectivity index (χ0n) is 19.4. The highest BCUT2D eigenvalue weighted by Gasteiger charge is 2.13. The Labute approximate surface area is 215 Å². The number of carbonyl (C=O) groups excluding carboxylic acids is 1. The van der Waals surface area contributed by atoms with E-state index in [9.17, 15) is 4.79 Å². The molecule has 7 nitrogen and oxygen atoms in total. The van der Waals surface area contributed by atoms with Crippen molar-refractivity contribution in [2.45, 2.75) is 0 Å². The molecule has 0 aliphatic heterocycles. The normalized spacial score (nSPS) is 11.2. The number of benzene rings is 3. The summed E-state index contributed by atoms with van der Waals surface area (Å²) in [5.74, 6) is 2.65.